The van der Waals surface area contributed by atoms with E-state index in [0.29, 0.717) is 17.4 Å². The molecule has 28 heteroatoms. The topological polar surface area (TPSA) is 368 Å². The maximum absolute atomic E-state index is 13.7. The average Bonchev–Trinajstić information content (AvgIpc) is 3.58. The Morgan fingerprint density at radius 1 is 0.662 bits per heavy atom. The third-order valence-corrected chi connectivity index (χ3v) is 12.7. The van der Waals surface area contributed by atoms with Gasteiger partial charge in [0.1, 0.15) is 4.90 Å². The summed E-state index contributed by atoms with van der Waals surface area (Å²) in [5.74, 6) is -4.42. The first-order chi connectivity index (χ1) is 32.6. The molecular weight excluding hydrogens is 1050 g/mol. The standard InChI is InChI=1S/C43H31N9O14S3.Cu.Na/c1-22-38(48-46-34-16-13-29(68(61,62)63)20-33(34)43(56)57)42(55)52(51-22)27-10-7-25(8-11-27)45-47-35-21-36(53)39(31-15-12-28(19-32(31)35)67(58,59)60)49-50-40-37(69(64,65)66)18-23-17-26(9-14-30(23)41(40)54)44-24-5-3-2-4-6-24;;/h2-21,38,44,53-54H,1H3,(H,56,57)(H,58,59,60)(H,61,62,63)(H,64,65,66);;/q;+2;+1/p-3. The second-order valence-electron chi connectivity index (χ2n) is 14.7. The molecule has 0 aromatic heterocycles. The first kappa shape index (κ1) is 53.5. The Morgan fingerprint density at radius 2 is 1.30 bits per heavy atom. The van der Waals surface area contributed by atoms with Crippen molar-refractivity contribution in [1.29, 1.82) is 0 Å². The largest absolute Gasteiger partial charge is 2.00 e. The van der Waals surface area contributed by atoms with Gasteiger partial charge in [0.2, 0.25) is 0 Å². The van der Waals surface area contributed by atoms with Gasteiger partial charge in [-0.25, -0.2) is 0 Å². The van der Waals surface area contributed by atoms with Crippen molar-refractivity contribution in [2.24, 2.45) is 35.8 Å². The van der Waals surface area contributed by atoms with Gasteiger partial charge in [0.25, 0.3) is 36.3 Å². The zero-order chi connectivity index (χ0) is 49.6. The second-order valence-corrected chi connectivity index (χ2v) is 19.0. The number of hydrogen-bond donors (Lipinski definition) is 4. The number of carboxylic acid groups (broad SMARTS) is 1. The molecule has 0 saturated carbocycles. The number of carbonyl (C=O) groups excluding carboxylic acids is 2. The monoisotopic (exact) mass is 1080 g/mol. The summed E-state index contributed by atoms with van der Waals surface area (Å²) in [6, 6.07) is 25.0. The molecule has 7 aromatic carbocycles. The van der Waals surface area contributed by atoms with Crippen LogP contribution in [0.4, 0.5) is 45.5 Å². The molecular formula is C43H28CuN9NaO14S3. The smallest absolute Gasteiger partial charge is 0.871 e. The van der Waals surface area contributed by atoms with E-state index in [1.807, 2.05) is 6.07 Å². The first-order valence-corrected chi connectivity index (χ1v) is 23.8. The Labute approximate surface area is 434 Å². The molecule has 1 radical (unpaired) electrons. The van der Waals surface area contributed by atoms with Crippen molar-refractivity contribution in [1.82, 2.24) is 0 Å². The third-order valence-electron chi connectivity index (χ3n) is 10.2. The number of carbonyl (C=O) groups is 2. The van der Waals surface area contributed by atoms with Crippen molar-refractivity contribution >= 4 is 115 Å². The molecule has 1 unspecified atom stereocenters. The molecule has 1 aliphatic rings. The van der Waals surface area contributed by atoms with Crippen LogP contribution in [0.5, 0.6) is 11.5 Å². The van der Waals surface area contributed by atoms with E-state index in [1.54, 1.807) is 30.3 Å². The number of carboxylic acids is 1. The van der Waals surface area contributed by atoms with E-state index < -0.39 is 91.4 Å². The van der Waals surface area contributed by atoms with Gasteiger partial charge in [-0.15, -0.1) is 10.2 Å². The van der Waals surface area contributed by atoms with Crippen LogP contribution in [0.2, 0.25) is 0 Å². The number of benzene rings is 7. The summed E-state index contributed by atoms with van der Waals surface area (Å²) in [5.41, 5.74) is -1.06. The summed E-state index contributed by atoms with van der Waals surface area (Å²) < 4.78 is 102. The van der Waals surface area contributed by atoms with Crippen LogP contribution in [-0.4, -0.2) is 62.5 Å². The molecule has 1 atom stereocenters. The third kappa shape index (κ3) is 11.5. The van der Waals surface area contributed by atoms with Crippen LogP contribution in [0.15, 0.2) is 172 Å². The molecule has 0 bridgehead atoms. The fourth-order valence-corrected chi connectivity index (χ4v) is 8.55. The number of hydrazone groups is 1. The maximum atomic E-state index is 13.7. The van der Waals surface area contributed by atoms with Crippen molar-refractivity contribution in [3.63, 3.8) is 0 Å². The van der Waals surface area contributed by atoms with Crippen LogP contribution in [-0.2, 0) is 52.2 Å². The minimum Gasteiger partial charge on any atom is -0.871 e. The van der Waals surface area contributed by atoms with Gasteiger partial charge < -0.3 is 25.4 Å². The molecule has 1 heterocycles. The summed E-state index contributed by atoms with van der Waals surface area (Å²) in [6.45, 7) is 1.45. The van der Waals surface area contributed by atoms with Gasteiger partial charge in [0.05, 0.1) is 55.6 Å². The molecule has 0 saturated heterocycles. The number of rotatable bonds is 13. The average molecular weight is 1080 g/mol. The van der Waals surface area contributed by atoms with E-state index >= 15 is 0 Å². The van der Waals surface area contributed by atoms with Crippen LogP contribution in [0.25, 0.3) is 21.5 Å². The van der Waals surface area contributed by atoms with Crippen LogP contribution in [0.1, 0.15) is 17.3 Å². The molecule has 7 aromatic rings. The summed E-state index contributed by atoms with van der Waals surface area (Å²) in [5, 5.41) is 70.8. The van der Waals surface area contributed by atoms with Crippen LogP contribution >= 0.6 is 0 Å². The van der Waals surface area contributed by atoms with Crippen LogP contribution < -0.4 is 55.2 Å². The van der Waals surface area contributed by atoms with Gasteiger partial charge in [-0.3, -0.25) is 18.5 Å². The van der Waals surface area contributed by atoms with Crippen molar-refractivity contribution in [2.45, 2.75) is 27.7 Å². The molecule has 0 spiro atoms. The van der Waals surface area contributed by atoms with Gasteiger partial charge in [-0.1, -0.05) is 41.8 Å². The van der Waals surface area contributed by atoms with E-state index in [2.05, 4.69) is 41.1 Å². The molecule has 8 rings (SSSR count). The summed E-state index contributed by atoms with van der Waals surface area (Å²) in [4.78, 5) is 22.7. The van der Waals surface area contributed by atoms with E-state index in [4.69, 9.17) is 0 Å². The summed E-state index contributed by atoms with van der Waals surface area (Å²) in [7, 11) is -14.7. The normalized spacial score (nSPS) is 14.3. The molecule has 359 valence electrons. The fourth-order valence-electron chi connectivity index (χ4n) is 6.88. The number of nitrogens with one attached hydrogen (secondary N) is 1. The SMILES string of the molecule is CC1=NN(c2ccc(N=Nc3cc([O-])c(N=Nc4c(S(=O)(=O)O)cc5cc(Nc6ccccc6)ccc5c4[O-])c4ccc(S(=O)(=O)O)cc34)cc2)C(=O)C1N=Nc1ccc(S(=O)(=O)O)cc1C(=O)[O-].[Cu+2].[Na+]. The summed E-state index contributed by atoms with van der Waals surface area (Å²) >= 11 is 0. The molecule has 1 aliphatic heterocycles. The van der Waals surface area contributed by atoms with Crippen molar-refractivity contribution < 1.29 is 110 Å². The minimum atomic E-state index is -5.12. The Hall–Kier alpha value is -6.88. The molecule has 23 nitrogen and oxygen atoms in total. The first-order valence-electron chi connectivity index (χ1n) is 19.5. The number of azo groups is 3. The predicted molar refractivity (Wildman–Crippen MR) is 240 cm³/mol. The molecule has 0 fully saturated rings. The Kier molecular flexibility index (Phi) is 15.7. The summed E-state index contributed by atoms with van der Waals surface area (Å²) in [6.07, 6.45) is 0. The Bertz CT molecular complexity index is 3790. The van der Waals surface area contributed by atoms with Crippen molar-refractivity contribution in [2.75, 3.05) is 10.3 Å². The van der Waals surface area contributed by atoms with Crippen molar-refractivity contribution in [3.05, 3.63) is 127 Å². The van der Waals surface area contributed by atoms with Crippen molar-refractivity contribution in [3.8, 4) is 11.5 Å². The number of amides is 1. The maximum Gasteiger partial charge on any atom is 2.00 e. The second kappa shape index (κ2) is 20.8. The van der Waals surface area contributed by atoms with Gasteiger partial charge >= 0.3 is 46.6 Å². The molecule has 0 aliphatic carbocycles. The van der Waals surface area contributed by atoms with E-state index in [9.17, 15) is 63.8 Å². The van der Waals surface area contributed by atoms with Gasteiger partial charge in [0.15, 0.2) is 6.04 Å². The van der Waals surface area contributed by atoms with E-state index in [-0.39, 0.29) is 96.6 Å². The zero-order valence-electron chi connectivity index (χ0n) is 36.1. The number of aromatic carboxylic acids is 1. The molecule has 4 N–H and O–H groups in total. The number of hydrogen-bond acceptors (Lipinski definition) is 19. The quantitative estimate of drug-likeness (QED) is 0.0727. The number of fused-ring (bicyclic) bond motifs is 2. The number of para-hydroxylation sites is 1. The van der Waals surface area contributed by atoms with Crippen LogP contribution in [0, 0.1) is 0 Å². The van der Waals surface area contributed by atoms with Gasteiger partial charge in [-0.05, 0) is 109 Å². The predicted octanol–water partition coefficient (Wildman–Crippen LogP) is 3.69. The van der Waals surface area contributed by atoms with E-state index in [1.165, 1.54) is 43.3 Å². The van der Waals surface area contributed by atoms with Gasteiger partial charge in [0, 0.05) is 27.7 Å². The zero-order valence-corrected chi connectivity index (χ0v) is 41.5. The Balaban J connectivity index is 0.00000413. The van der Waals surface area contributed by atoms with Crippen LogP contribution in [0.3, 0.4) is 0 Å². The fraction of sp³-hybridized carbons (Fsp3) is 0.0465. The molecule has 1 amide bonds. The number of anilines is 3. The number of nitrogens with zero attached hydrogens (tertiary/aromatic N) is 8. The van der Waals surface area contributed by atoms with E-state index in [0.717, 1.165) is 47.5 Å². The Morgan fingerprint density at radius 3 is 1.94 bits per heavy atom. The van der Waals surface area contributed by atoms with Gasteiger partial charge in [-0.2, -0.15) is 55.8 Å². The molecule has 71 heavy (non-hydrogen) atoms. The minimum absolute atomic E-state index is 0.